The summed E-state index contributed by atoms with van der Waals surface area (Å²) in [7, 11) is 0. The first-order valence-electron chi connectivity index (χ1n) is 12.4. The molecule has 35 heavy (non-hydrogen) atoms. The average molecular weight is 487 g/mol. The highest BCUT2D eigenvalue weighted by Gasteiger charge is 2.25. The third-order valence-electron chi connectivity index (χ3n) is 6.91. The van der Waals surface area contributed by atoms with Crippen LogP contribution in [0.3, 0.4) is 0 Å². The minimum atomic E-state index is 0.0737. The van der Waals surface area contributed by atoms with Gasteiger partial charge in [0, 0.05) is 6.04 Å². The van der Waals surface area contributed by atoms with Gasteiger partial charge >= 0.3 is 0 Å². The molecule has 6 rings (SSSR count). The zero-order chi connectivity index (χ0) is 23.6. The van der Waals surface area contributed by atoms with E-state index < -0.39 is 0 Å². The van der Waals surface area contributed by atoms with E-state index in [-0.39, 0.29) is 5.25 Å². The van der Waals surface area contributed by atoms with E-state index in [1.165, 1.54) is 12.8 Å². The van der Waals surface area contributed by atoms with E-state index in [2.05, 4.69) is 42.7 Å². The Morgan fingerprint density at radius 1 is 0.771 bits per heavy atom. The second kappa shape index (κ2) is 9.89. The van der Waals surface area contributed by atoms with Gasteiger partial charge in [-0.05, 0) is 98.4 Å². The van der Waals surface area contributed by atoms with Gasteiger partial charge in [-0.15, -0.1) is 0 Å². The number of benzene rings is 2. The van der Waals surface area contributed by atoms with Gasteiger partial charge in [0.2, 0.25) is 0 Å². The van der Waals surface area contributed by atoms with Crippen molar-refractivity contribution in [3.8, 4) is 34.0 Å². The number of aromatic nitrogens is 4. The van der Waals surface area contributed by atoms with Crippen molar-refractivity contribution >= 4 is 12.6 Å². The number of thiol groups is 1. The van der Waals surface area contributed by atoms with Crippen molar-refractivity contribution in [3.05, 3.63) is 72.6 Å². The lowest BCUT2D eigenvalue weighted by Gasteiger charge is -2.16. The molecule has 3 atom stereocenters. The highest BCUT2D eigenvalue weighted by Crippen LogP contribution is 2.31. The molecule has 0 amide bonds. The fourth-order valence-electron chi connectivity index (χ4n) is 4.92. The molecule has 8 heteroatoms. The lowest BCUT2D eigenvalue weighted by molar-refractivity contribution is 0.483. The van der Waals surface area contributed by atoms with Crippen LogP contribution in [-0.4, -0.2) is 39.1 Å². The number of nitrogens with one attached hydrogen (secondary N) is 4. The Hall–Kier alpha value is -3.07. The monoisotopic (exact) mass is 486 g/mol. The molecule has 0 spiro atoms. The molecule has 2 aromatic carbocycles. The van der Waals surface area contributed by atoms with Crippen molar-refractivity contribution in [2.24, 2.45) is 0 Å². The van der Waals surface area contributed by atoms with Gasteiger partial charge < -0.3 is 25.3 Å². The molecule has 1 unspecified atom stereocenters. The second-order valence-electron chi connectivity index (χ2n) is 9.31. The van der Waals surface area contributed by atoms with Gasteiger partial charge in [0.25, 0.3) is 0 Å². The van der Waals surface area contributed by atoms with Crippen molar-refractivity contribution in [1.29, 1.82) is 0 Å². The molecule has 0 radical (unpaired) electrons. The smallest absolute Gasteiger partial charge is 0.127 e. The molecular weight excluding hydrogens is 456 g/mol. The minimum absolute atomic E-state index is 0.0737. The average Bonchev–Trinajstić information content (AvgIpc) is 3.72. The number of hydrogen-bond acceptors (Lipinski definition) is 6. The van der Waals surface area contributed by atoms with Crippen LogP contribution in [0.1, 0.15) is 48.6 Å². The van der Waals surface area contributed by atoms with Crippen molar-refractivity contribution < 1.29 is 4.74 Å². The third kappa shape index (κ3) is 4.87. The Bertz CT molecular complexity index is 1250. The summed E-state index contributed by atoms with van der Waals surface area (Å²) in [5.74, 6) is 3.51. The molecule has 0 aliphatic carbocycles. The first kappa shape index (κ1) is 22.4. The Morgan fingerprint density at radius 3 is 2.03 bits per heavy atom. The predicted octanol–water partition coefficient (Wildman–Crippen LogP) is 5.41. The Balaban J connectivity index is 1.09. The molecule has 2 aliphatic rings. The maximum Gasteiger partial charge on any atom is 0.127 e. The van der Waals surface area contributed by atoms with E-state index in [0.717, 1.165) is 71.6 Å². The normalized spacial score (nSPS) is 20.8. The van der Waals surface area contributed by atoms with Crippen molar-refractivity contribution in [1.82, 2.24) is 30.6 Å². The highest BCUT2D eigenvalue weighted by molar-refractivity contribution is 7.80. The molecule has 0 saturated carbocycles. The molecule has 4 heterocycles. The lowest BCUT2D eigenvalue weighted by atomic mass is 10.1. The van der Waals surface area contributed by atoms with Gasteiger partial charge in [-0.25, -0.2) is 9.97 Å². The van der Waals surface area contributed by atoms with Crippen LogP contribution >= 0.6 is 12.6 Å². The molecule has 2 fully saturated rings. The zero-order valence-corrected chi connectivity index (χ0v) is 20.4. The van der Waals surface area contributed by atoms with Crippen molar-refractivity contribution in [2.75, 3.05) is 13.1 Å². The summed E-state index contributed by atoms with van der Waals surface area (Å²) < 4.78 is 6.08. The summed E-state index contributed by atoms with van der Waals surface area (Å²) in [6.45, 7) is 2.12. The maximum atomic E-state index is 6.08. The molecule has 0 bridgehead atoms. The van der Waals surface area contributed by atoms with E-state index in [9.17, 15) is 0 Å². The van der Waals surface area contributed by atoms with E-state index >= 15 is 0 Å². The van der Waals surface area contributed by atoms with Crippen molar-refractivity contribution in [2.45, 2.75) is 43.0 Å². The second-order valence-corrected chi connectivity index (χ2v) is 9.87. The quantitative estimate of drug-likeness (QED) is 0.226. The highest BCUT2D eigenvalue weighted by atomic mass is 32.1. The maximum absolute atomic E-state index is 6.08. The molecule has 4 N–H and O–H groups in total. The van der Waals surface area contributed by atoms with Crippen LogP contribution in [0.25, 0.3) is 22.5 Å². The molecule has 180 valence electrons. The number of nitrogens with zero attached hydrogens (tertiary/aromatic N) is 2. The topological polar surface area (TPSA) is 90.7 Å². The van der Waals surface area contributed by atoms with Crippen LogP contribution in [0.4, 0.5) is 0 Å². The van der Waals surface area contributed by atoms with Crippen LogP contribution in [0.15, 0.2) is 60.9 Å². The van der Waals surface area contributed by atoms with Crippen LogP contribution in [0, 0.1) is 0 Å². The van der Waals surface area contributed by atoms with Crippen LogP contribution < -0.4 is 15.4 Å². The number of rotatable bonds is 7. The molecule has 4 aromatic rings. The Labute approximate surface area is 210 Å². The van der Waals surface area contributed by atoms with Crippen molar-refractivity contribution in [3.63, 3.8) is 0 Å². The SMILES string of the molecule is S[C@H](c1ncc(-c2ccc(Oc3ccc(-c4cnc([C@@H]5CCCN5)[nH]4)cc3)cc2)[nH]1)C1CCCN1. The van der Waals surface area contributed by atoms with Crippen LogP contribution in [-0.2, 0) is 0 Å². The standard InChI is InChI=1S/C27H30N6OS/c35-25(21-3-1-13-28-21)27-31-16-24(33-27)18-7-11-20(12-8-18)34-19-9-5-17(6-10-19)23-15-30-26(32-23)22-4-2-14-29-22/h5-12,15-16,21-22,25,28-29,35H,1-4,13-14H2,(H,30,32)(H,31,33)/t21?,22-,25-/m0/s1. The molecule has 2 aliphatic heterocycles. The fraction of sp³-hybridized carbons (Fsp3) is 0.333. The predicted molar refractivity (Wildman–Crippen MR) is 141 cm³/mol. The number of aromatic amines is 2. The third-order valence-corrected chi connectivity index (χ3v) is 7.51. The van der Waals surface area contributed by atoms with E-state index in [1.807, 2.05) is 48.8 Å². The molecular formula is C27H30N6OS. The summed E-state index contributed by atoms with van der Waals surface area (Å²) in [4.78, 5) is 16.0. The zero-order valence-electron chi connectivity index (χ0n) is 19.5. The van der Waals surface area contributed by atoms with Gasteiger partial charge in [-0.3, -0.25) is 0 Å². The molecule has 2 aromatic heterocycles. The van der Waals surface area contributed by atoms with Crippen LogP contribution in [0.5, 0.6) is 11.5 Å². The Kier molecular flexibility index (Phi) is 6.33. The summed E-state index contributed by atoms with van der Waals surface area (Å²) in [5.41, 5.74) is 4.17. The number of imidazole rings is 2. The Morgan fingerprint density at radius 2 is 1.40 bits per heavy atom. The van der Waals surface area contributed by atoms with Gasteiger partial charge in [0.1, 0.15) is 23.1 Å². The van der Waals surface area contributed by atoms with Crippen LogP contribution in [0.2, 0.25) is 0 Å². The first-order chi connectivity index (χ1) is 17.2. The largest absolute Gasteiger partial charge is 0.457 e. The molecule has 2 saturated heterocycles. The number of hydrogen-bond donors (Lipinski definition) is 5. The van der Waals surface area contributed by atoms with E-state index in [1.54, 1.807) is 0 Å². The van der Waals surface area contributed by atoms with Gasteiger partial charge in [-0.1, -0.05) is 0 Å². The number of H-pyrrole nitrogens is 2. The number of ether oxygens (including phenoxy) is 1. The van der Waals surface area contributed by atoms with E-state index in [4.69, 9.17) is 17.4 Å². The summed E-state index contributed by atoms with van der Waals surface area (Å²) in [5, 5.41) is 7.05. The molecule has 7 nitrogen and oxygen atoms in total. The summed E-state index contributed by atoms with van der Waals surface area (Å²) >= 11 is 4.78. The summed E-state index contributed by atoms with van der Waals surface area (Å²) in [6.07, 6.45) is 8.45. The van der Waals surface area contributed by atoms with E-state index in [0.29, 0.717) is 12.1 Å². The minimum Gasteiger partial charge on any atom is -0.457 e. The fourth-order valence-corrected chi connectivity index (χ4v) is 5.31. The van der Waals surface area contributed by atoms with Gasteiger partial charge in [0.05, 0.1) is 35.1 Å². The summed E-state index contributed by atoms with van der Waals surface area (Å²) in [6, 6.07) is 16.9. The first-order valence-corrected chi connectivity index (χ1v) is 12.9. The van der Waals surface area contributed by atoms with Gasteiger partial charge in [0.15, 0.2) is 0 Å². The lowest BCUT2D eigenvalue weighted by Crippen LogP contribution is -2.26. The van der Waals surface area contributed by atoms with Gasteiger partial charge in [-0.2, -0.15) is 12.6 Å².